The zero-order valence-electron chi connectivity index (χ0n) is 14.3. The molecule has 1 N–H and O–H groups in total. The molecule has 128 valence electrons. The normalized spacial score (nSPS) is 16.0. The Morgan fingerprint density at radius 3 is 2.57 bits per heavy atom. The third kappa shape index (κ3) is 4.72. The highest BCUT2D eigenvalue weighted by Gasteiger charge is 2.24. The fourth-order valence-corrected chi connectivity index (χ4v) is 3.40. The number of nitrogens with zero attached hydrogens (tertiary/aromatic N) is 2. The van der Waals surface area contributed by atoms with Crippen LogP contribution in [0.3, 0.4) is 0 Å². The van der Waals surface area contributed by atoms with Crippen LogP contribution in [0, 0.1) is 0 Å². The minimum atomic E-state index is 0.581. The first kappa shape index (κ1) is 18.3. The van der Waals surface area contributed by atoms with Crippen molar-refractivity contribution in [3.63, 3.8) is 0 Å². The zero-order valence-corrected chi connectivity index (χ0v) is 15.9. The standard InChI is InChI=1S/C17H26ClN3OS/c1-12(2)20(3)14-7-9-21(10-8-14)17(23)19-13-5-6-16(22-4)15(18)11-13/h5-6,11-12,14H,7-10H2,1-4H3,(H,19,23). The summed E-state index contributed by atoms with van der Waals surface area (Å²) in [7, 11) is 3.82. The summed E-state index contributed by atoms with van der Waals surface area (Å²) in [5.74, 6) is 0.667. The number of nitrogens with one attached hydrogen (secondary N) is 1. The number of methoxy groups -OCH3 is 1. The second-order valence-corrected chi connectivity index (χ2v) is 7.05. The van der Waals surface area contributed by atoms with Crippen LogP contribution in [-0.2, 0) is 0 Å². The number of benzene rings is 1. The first-order valence-corrected chi connectivity index (χ1v) is 8.82. The van der Waals surface area contributed by atoms with Gasteiger partial charge in [-0.25, -0.2) is 0 Å². The molecular weight excluding hydrogens is 330 g/mol. The molecule has 1 saturated heterocycles. The van der Waals surface area contributed by atoms with Gasteiger partial charge in [-0.2, -0.15) is 0 Å². The second kappa shape index (κ2) is 8.18. The number of halogens is 1. The lowest BCUT2D eigenvalue weighted by molar-refractivity contribution is 0.136. The summed E-state index contributed by atoms with van der Waals surface area (Å²) in [6.45, 7) is 6.45. The number of ether oxygens (including phenoxy) is 1. The quantitative estimate of drug-likeness (QED) is 0.828. The van der Waals surface area contributed by atoms with E-state index in [1.54, 1.807) is 7.11 Å². The van der Waals surface area contributed by atoms with Crippen LogP contribution in [-0.4, -0.2) is 54.2 Å². The number of piperidine rings is 1. The molecule has 0 atom stereocenters. The highest BCUT2D eigenvalue weighted by Crippen LogP contribution is 2.27. The Balaban J connectivity index is 1.89. The summed E-state index contributed by atoms with van der Waals surface area (Å²) in [5, 5.41) is 4.62. The van der Waals surface area contributed by atoms with Crippen LogP contribution in [0.4, 0.5) is 5.69 Å². The molecule has 0 aromatic heterocycles. The summed E-state index contributed by atoms with van der Waals surface area (Å²) in [6.07, 6.45) is 2.28. The van der Waals surface area contributed by atoms with Gasteiger partial charge in [0.2, 0.25) is 0 Å². The van der Waals surface area contributed by atoms with Gasteiger partial charge in [0.15, 0.2) is 5.11 Å². The molecule has 1 aliphatic heterocycles. The number of hydrogen-bond acceptors (Lipinski definition) is 3. The van der Waals surface area contributed by atoms with Crippen molar-refractivity contribution in [3.8, 4) is 5.75 Å². The van der Waals surface area contributed by atoms with Crippen molar-refractivity contribution in [2.24, 2.45) is 0 Å². The maximum absolute atomic E-state index is 6.15. The van der Waals surface area contributed by atoms with Gasteiger partial charge in [-0.1, -0.05) is 11.6 Å². The Morgan fingerprint density at radius 1 is 1.39 bits per heavy atom. The van der Waals surface area contributed by atoms with Crippen molar-refractivity contribution in [2.45, 2.75) is 38.8 Å². The van der Waals surface area contributed by atoms with Crippen molar-refractivity contribution in [1.82, 2.24) is 9.80 Å². The van der Waals surface area contributed by atoms with E-state index in [0.717, 1.165) is 36.7 Å². The average Bonchev–Trinajstić information content (AvgIpc) is 2.54. The molecule has 0 bridgehead atoms. The van der Waals surface area contributed by atoms with Gasteiger partial charge in [-0.05, 0) is 64.2 Å². The minimum absolute atomic E-state index is 0.581. The van der Waals surface area contributed by atoms with Crippen LogP contribution in [0.25, 0.3) is 0 Å². The van der Waals surface area contributed by atoms with E-state index in [1.165, 1.54) is 0 Å². The SMILES string of the molecule is COc1ccc(NC(=S)N2CCC(N(C)C(C)C)CC2)cc1Cl. The molecule has 1 aliphatic rings. The van der Waals surface area contributed by atoms with Gasteiger partial charge in [0.05, 0.1) is 12.1 Å². The number of hydrogen-bond donors (Lipinski definition) is 1. The molecule has 1 aromatic rings. The van der Waals surface area contributed by atoms with E-state index in [2.05, 4.69) is 36.0 Å². The number of thiocarbonyl (C=S) groups is 1. The van der Waals surface area contributed by atoms with Crippen LogP contribution in [0.5, 0.6) is 5.75 Å². The lowest BCUT2D eigenvalue weighted by Crippen LogP contribution is -2.48. The first-order chi connectivity index (χ1) is 10.9. The van der Waals surface area contributed by atoms with E-state index in [4.69, 9.17) is 28.6 Å². The van der Waals surface area contributed by atoms with Crippen molar-refractivity contribution >= 4 is 34.6 Å². The van der Waals surface area contributed by atoms with E-state index in [-0.39, 0.29) is 0 Å². The van der Waals surface area contributed by atoms with E-state index in [9.17, 15) is 0 Å². The summed E-state index contributed by atoms with van der Waals surface area (Å²) in [5.41, 5.74) is 0.891. The lowest BCUT2D eigenvalue weighted by atomic mass is 10.0. The third-order valence-electron chi connectivity index (χ3n) is 4.55. The predicted octanol–water partition coefficient (Wildman–Crippen LogP) is 3.85. The first-order valence-electron chi connectivity index (χ1n) is 8.03. The Kier molecular flexibility index (Phi) is 6.50. The van der Waals surface area contributed by atoms with Crippen molar-refractivity contribution in [1.29, 1.82) is 0 Å². The van der Waals surface area contributed by atoms with Crippen molar-refractivity contribution < 1.29 is 4.74 Å². The summed E-state index contributed by atoms with van der Waals surface area (Å²) in [6, 6.07) is 6.84. The van der Waals surface area contributed by atoms with Crippen LogP contribution < -0.4 is 10.1 Å². The lowest BCUT2D eigenvalue weighted by Gasteiger charge is -2.39. The molecule has 0 aliphatic carbocycles. The minimum Gasteiger partial charge on any atom is -0.495 e. The van der Waals surface area contributed by atoms with Crippen LogP contribution in [0.1, 0.15) is 26.7 Å². The molecule has 1 aromatic carbocycles. The van der Waals surface area contributed by atoms with Gasteiger partial charge in [0.1, 0.15) is 5.75 Å². The fraction of sp³-hybridized carbons (Fsp3) is 0.588. The predicted molar refractivity (Wildman–Crippen MR) is 102 cm³/mol. The monoisotopic (exact) mass is 355 g/mol. The average molecular weight is 356 g/mol. The zero-order chi connectivity index (χ0) is 17.0. The Hall–Kier alpha value is -1.04. The maximum Gasteiger partial charge on any atom is 0.173 e. The largest absolute Gasteiger partial charge is 0.495 e. The Morgan fingerprint density at radius 2 is 2.04 bits per heavy atom. The highest BCUT2D eigenvalue weighted by atomic mass is 35.5. The van der Waals surface area contributed by atoms with Gasteiger partial charge in [-0.3, -0.25) is 0 Å². The van der Waals surface area contributed by atoms with Gasteiger partial charge >= 0.3 is 0 Å². The Labute approximate surface area is 149 Å². The molecule has 2 rings (SSSR count). The second-order valence-electron chi connectivity index (χ2n) is 6.26. The van der Waals surface area contributed by atoms with Gasteiger partial charge in [0.25, 0.3) is 0 Å². The third-order valence-corrected chi connectivity index (χ3v) is 5.20. The molecule has 0 radical (unpaired) electrons. The smallest absolute Gasteiger partial charge is 0.173 e. The van der Waals surface area contributed by atoms with E-state index in [1.807, 2.05) is 18.2 Å². The molecule has 23 heavy (non-hydrogen) atoms. The van der Waals surface area contributed by atoms with Crippen LogP contribution >= 0.6 is 23.8 Å². The van der Waals surface area contributed by atoms with E-state index >= 15 is 0 Å². The van der Waals surface area contributed by atoms with Crippen LogP contribution in [0.15, 0.2) is 18.2 Å². The summed E-state index contributed by atoms with van der Waals surface area (Å²) in [4.78, 5) is 4.69. The van der Waals surface area contributed by atoms with Crippen molar-refractivity contribution in [3.05, 3.63) is 23.2 Å². The summed E-state index contributed by atoms with van der Waals surface area (Å²) >= 11 is 11.7. The highest BCUT2D eigenvalue weighted by molar-refractivity contribution is 7.80. The summed E-state index contributed by atoms with van der Waals surface area (Å²) < 4.78 is 5.17. The number of likely N-dealkylation sites (tertiary alicyclic amines) is 1. The molecule has 0 amide bonds. The Bertz CT molecular complexity index is 545. The molecule has 0 saturated carbocycles. The van der Waals surface area contributed by atoms with Crippen molar-refractivity contribution in [2.75, 3.05) is 32.6 Å². The van der Waals surface area contributed by atoms with E-state index in [0.29, 0.717) is 22.9 Å². The van der Waals surface area contributed by atoms with Crippen LogP contribution in [0.2, 0.25) is 5.02 Å². The number of anilines is 1. The van der Waals surface area contributed by atoms with E-state index < -0.39 is 0 Å². The fourth-order valence-electron chi connectivity index (χ4n) is 2.84. The van der Waals surface area contributed by atoms with Gasteiger partial charge < -0.3 is 19.9 Å². The topological polar surface area (TPSA) is 27.7 Å². The molecule has 4 nitrogen and oxygen atoms in total. The molecule has 0 unspecified atom stereocenters. The molecule has 1 fully saturated rings. The van der Waals surface area contributed by atoms with Gasteiger partial charge in [-0.15, -0.1) is 0 Å². The molecule has 0 spiro atoms. The molecular formula is C17H26ClN3OS. The maximum atomic E-state index is 6.15. The van der Waals surface area contributed by atoms with Gasteiger partial charge in [0, 0.05) is 30.9 Å². The number of rotatable bonds is 4. The molecule has 6 heteroatoms. The molecule has 1 heterocycles.